The molecular weight excluding hydrogens is 198 g/mol. The number of rotatable bonds is 4. The number of nitrogens with one attached hydrogen (secondary N) is 1. The van der Waals surface area contributed by atoms with E-state index in [-0.39, 0.29) is 0 Å². The summed E-state index contributed by atoms with van der Waals surface area (Å²) in [5, 5.41) is 3.58. The van der Waals surface area contributed by atoms with Gasteiger partial charge in [0.05, 0.1) is 12.8 Å². The van der Waals surface area contributed by atoms with Crippen molar-refractivity contribution in [1.29, 1.82) is 0 Å². The molecule has 1 N–H and O–H groups in total. The largest absolute Gasteiger partial charge is 0.468 e. The van der Waals surface area contributed by atoms with Gasteiger partial charge in [-0.1, -0.05) is 12.2 Å². The van der Waals surface area contributed by atoms with Gasteiger partial charge >= 0.3 is 0 Å². The Balaban J connectivity index is 1.54. The molecule has 0 saturated heterocycles. The SMILES string of the molecule is CC(NCc1ccco1)C1CC2C=CC1C2. The Morgan fingerprint density at radius 1 is 1.44 bits per heavy atom. The molecule has 2 nitrogen and oxygen atoms in total. The fourth-order valence-corrected chi connectivity index (χ4v) is 3.22. The number of hydrogen-bond acceptors (Lipinski definition) is 2. The third-order valence-electron chi connectivity index (χ3n) is 4.15. The molecule has 2 aliphatic rings. The molecule has 1 heterocycles. The highest BCUT2D eigenvalue weighted by Gasteiger charge is 2.38. The van der Waals surface area contributed by atoms with Crippen LogP contribution in [0.2, 0.25) is 0 Å². The van der Waals surface area contributed by atoms with Gasteiger partial charge in [0.15, 0.2) is 0 Å². The van der Waals surface area contributed by atoms with E-state index in [2.05, 4.69) is 24.4 Å². The molecule has 16 heavy (non-hydrogen) atoms. The van der Waals surface area contributed by atoms with Crippen LogP contribution in [0.5, 0.6) is 0 Å². The van der Waals surface area contributed by atoms with Crippen LogP contribution >= 0.6 is 0 Å². The van der Waals surface area contributed by atoms with E-state index in [0.29, 0.717) is 6.04 Å². The molecule has 0 amide bonds. The lowest BCUT2D eigenvalue weighted by Crippen LogP contribution is -2.35. The van der Waals surface area contributed by atoms with Crippen molar-refractivity contribution in [1.82, 2.24) is 5.32 Å². The maximum absolute atomic E-state index is 5.33. The van der Waals surface area contributed by atoms with E-state index >= 15 is 0 Å². The van der Waals surface area contributed by atoms with E-state index in [0.717, 1.165) is 30.1 Å². The van der Waals surface area contributed by atoms with Gasteiger partial charge in [-0.15, -0.1) is 0 Å². The van der Waals surface area contributed by atoms with Gasteiger partial charge in [-0.25, -0.2) is 0 Å². The molecule has 2 aliphatic carbocycles. The van der Waals surface area contributed by atoms with Gasteiger partial charge in [0.1, 0.15) is 5.76 Å². The van der Waals surface area contributed by atoms with Gasteiger partial charge < -0.3 is 9.73 Å². The highest BCUT2D eigenvalue weighted by atomic mass is 16.3. The minimum Gasteiger partial charge on any atom is -0.468 e. The lowest BCUT2D eigenvalue weighted by Gasteiger charge is -2.26. The molecule has 4 unspecified atom stereocenters. The second-order valence-electron chi connectivity index (χ2n) is 5.19. The molecule has 86 valence electrons. The molecule has 1 aromatic rings. The molecule has 0 spiro atoms. The van der Waals surface area contributed by atoms with Crippen molar-refractivity contribution >= 4 is 0 Å². The number of furan rings is 1. The highest BCUT2D eigenvalue weighted by molar-refractivity contribution is 5.11. The topological polar surface area (TPSA) is 25.2 Å². The van der Waals surface area contributed by atoms with Crippen LogP contribution in [0.3, 0.4) is 0 Å². The van der Waals surface area contributed by atoms with E-state index in [1.807, 2.05) is 12.1 Å². The molecule has 1 saturated carbocycles. The summed E-state index contributed by atoms with van der Waals surface area (Å²) in [6.07, 6.45) is 9.32. The summed E-state index contributed by atoms with van der Waals surface area (Å²) in [6.45, 7) is 3.16. The molecule has 1 fully saturated rings. The first-order valence-electron chi connectivity index (χ1n) is 6.27. The Hall–Kier alpha value is -1.02. The van der Waals surface area contributed by atoms with Crippen LogP contribution in [-0.4, -0.2) is 6.04 Å². The average molecular weight is 217 g/mol. The first-order valence-corrected chi connectivity index (χ1v) is 6.27. The van der Waals surface area contributed by atoms with Crippen LogP contribution in [-0.2, 0) is 6.54 Å². The maximum atomic E-state index is 5.33. The van der Waals surface area contributed by atoms with E-state index in [9.17, 15) is 0 Å². The molecular formula is C14H19NO. The normalized spacial score (nSPS) is 33.4. The molecule has 0 aliphatic heterocycles. The second-order valence-corrected chi connectivity index (χ2v) is 5.19. The van der Waals surface area contributed by atoms with Gasteiger partial charge in [-0.05, 0) is 49.7 Å². The standard InChI is InChI=1S/C14H19NO/c1-10(15-9-13-3-2-6-16-13)14-8-11-4-5-12(14)7-11/h2-6,10-12,14-15H,7-9H2,1H3. The van der Waals surface area contributed by atoms with Crippen LogP contribution < -0.4 is 5.32 Å². The minimum absolute atomic E-state index is 0.588. The summed E-state index contributed by atoms with van der Waals surface area (Å²) in [4.78, 5) is 0. The lowest BCUT2D eigenvalue weighted by atomic mass is 9.87. The zero-order chi connectivity index (χ0) is 11.0. The summed E-state index contributed by atoms with van der Waals surface area (Å²) in [5.41, 5.74) is 0. The third-order valence-corrected chi connectivity index (χ3v) is 4.15. The zero-order valence-electron chi connectivity index (χ0n) is 9.73. The van der Waals surface area contributed by atoms with Gasteiger partial charge in [-0.3, -0.25) is 0 Å². The van der Waals surface area contributed by atoms with E-state index < -0.39 is 0 Å². The first-order chi connectivity index (χ1) is 7.83. The van der Waals surface area contributed by atoms with Crippen molar-refractivity contribution < 1.29 is 4.42 Å². The van der Waals surface area contributed by atoms with E-state index in [1.165, 1.54) is 12.8 Å². The van der Waals surface area contributed by atoms with Crippen molar-refractivity contribution in [2.45, 2.75) is 32.4 Å². The number of allylic oxidation sites excluding steroid dienone is 2. The summed E-state index contributed by atoms with van der Waals surface area (Å²) in [7, 11) is 0. The van der Waals surface area contributed by atoms with Crippen molar-refractivity contribution in [2.24, 2.45) is 17.8 Å². The van der Waals surface area contributed by atoms with E-state index in [1.54, 1.807) is 6.26 Å². The van der Waals surface area contributed by atoms with Gasteiger partial charge in [0.25, 0.3) is 0 Å². The summed E-state index contributed by atoms with van der Waals surface area (Å²) in [5.74, 6) is 3.54. The van der Waals surface area contributed by atoms with Crippen molar-refractivity contribution in [3.63, 3.8) is 0 Å². The van der Waals surface area contributed by atoms with Crippen LogP contribution in [0.4, 0.5) is 0 Å². The van der Waals surface area contributed by atoms with Crippen LogP contribution in [0, 0.1) is 17.8 Å². The number of fused-ring (bicyclic) bond motifs is 2. The van der Waals surface area contributed by atoms with Crippen LogP contribution in [0.1, 0.15) is 25.5 Å². The Bertz CT molecular complexity index is 368. The summed E-state index contributed by atoms with van der Waals surface area (Å²) < 4.78 is 5.33. The monoisotopic (exact) mass is 217 g/mol. The van der Waals surface area contributed by atoms with Gasteiger partial charge in [0, 0.05) is 6.04 Å². The molecule has 0 aromatic carbocycles. The molecule has 2 bridgehead atoms. The van der Waals surface area contributed by atoms with Crippen LogP contribution in [0.25, 0.3) is 0 Å². The molecule has 1 aromatic heterocycles. The van der Waals surface area contributed by atoms with Crippen molar-refractivity contribution in [3.8, 4) is 0 Å². The summed E-state index contributed by atoms with van der Waals surface area (Å²) in [6, 6.07) is 4.56. The van der Waals surface area contributed by atoms with Crippen LogP contribution in [0.15, 0.2) is 35.0 Å². The smallest absolute Gasteiger partial charge is 0.117 e. The van der Waals surface area contributed by atoms with E-state index in [4.69, 9.17) is 4.42 Å². The molecule has 3 rings (SSSR count). The Morgan fingerprint density at radius 3 is 3.00 bits per heavy atom. The quantitative estimate of drug-likeness (QED) is 0.784. The maximum Gasteiger partial charge on any atom is 0.117 e. The Labute approximate surface area is 96.7 Å². The number of hydrogen-bond donors (Lipinski definition) is 1. The second kappa shape index (κ2) is 4.10. The summed E-state index contributed by atoms with van der Waals surface area (Å²) >= 11 is 0. The minimum atomic E-state index is 0.588. The predicted octanol–water partition coefficient (Wildman–Crippen LogP) is 2.97. The third kappa shape index (κ3) is 1.82. The predicted molar refractivity (Wildman–Crippen MR) is 63.9 cm³/mol. The molecule has 0 radical (unpaired) electrons. The fourth-order valence-electron chi connectivity index (χ4n) is 3.22. The zero-order valence-corrected chi connectivity index (χ0v) is 9.73. The van der Waals surface area contributed by atoms with Crippen molar-refractivity contribution in [3.05, 3.63) is 36.3 Å². The Kier molecular flexibility index (Phi) is 2.60. The Morgan fingerprint density at radius 2 is 2.38 bits per heavy atom. The van der Waals surface area contributed by atoms with Gasteiger partial charge in [0.2, 0.25) is 0 Å². The van der Waals surface area contributed by atoms with Crippen molar-refractivity contribution in [2.75, 3.05) is 0 Å². The highest BCUT2D eigenvalue weighted by Crippen LogP contribution is 2.44. The fraction of sp³-hybridized carbons (Fsp3) is 0.571. The average Bonchev–Trinajstić information content (AvgIpc) is 3.01. The van der Waals surface area contributed by atoms with Gasteiger partial charge in [-0.2, -0.15) is 0 Å². The molecule has 2 heteroatoms. The first kappa shape index (κ1) is 10.2. The lowest BCUT2D eigenvalue weighted by molar-refractivity contribution is 0.317. The molecule has 4 atom stereocenters.